The van der Waals surface area contributed by atoms with Gasteiger partial charge in [-0.05, 0) is 31.3 Å². The van der Waals surface area contributed by atoms with Gasteiger partial charge in [-0.2, -0.15) is 4.37 Å². The van der Waals surface area contributed by atoms with E-state index >= 15 is 0 Å². The summed E-state index contributed by atoms with van der Waals surface area (Å²) in [6.45, 7) is 10.3. The summed E-state index contributed by atoms with van der Waals surface area (Å²) in [5, 5.41) is 0.829. The molecule has 2 N–H and O–H groups in total. The van der Waals surface area contributed by atoms with Crippen molar-refractivity contribution in [2.24, 2.45) is 5.92 Å². The summed E-state index contributed by atoms with van der Waals surface area (Å²) in [6, 6.07) is 0. The minimum Gasteiger partial charge on any atom is -0.462 e. The van der Waals surface area contributed by atoms with Crippen molar-refractivity contribution in [3.63, 3.8) is 0 Å². The van der Waals surface area contributed by atoms with Gasteiger partial charge in [-0.1, -0.05) is 26.7 Å². The normalized spacial score (nSPS) is 10.8. The van der Waals surface area contributed by atoms with E-state index in [2.05, 4.69) is 30.0 Å². The first-order valence-electron chi connectivity index (χ1n) is 7.26. The smallest absolute Gasteiger partial charge is 0.345 e. The van der Waals surface area contributed by atoms with Gasteiger partial charge < -0.3 is 15.4 Å². The predicted molar refractivity (Wildman–Crippen MR) is 84.4 cm³/mol. The average Bonchev–Trinajstić information content (AvgIpc) is 2.82. The molecule has 0 saturated heterocycles. The largest absolute Gasteiger partial charge is 0.462 e. The Hall–Kier alpha value is -1.30. The van der Waals surface area contributed by atoms with E-state index in [4.69, 9.17) is 10.5 Å². The van der Waals surface area contributed by atoms with Crippen molar-refractivity contribution in [3.8, 4) is 0 Å². The number of nitrogens with two attached hydrogens (primary N) is 1. The Labute approximate surface area is 125 Å². The number of hydrogen-bond donors (Lipinski definition) is 1. The maximum absolute atomic E-state index is 12.0. The Balaban J connectivity index is 3.00. The fourth-order valence-electron chi connectivity index (χ4n) is 2.12. The van der Waals surface area contributed by atoms with Crippen LogP contribution >= 0.6 is 11.5 Å². The number of carbonyl (C=O) groups is 1. The van der Waals surface area contributed by atoms with Gasteiger partial charge in [0, 0.05) is 13.1 Å². The van der Waals surface area contributed by atoms with Crippen LogP contribution in [0.1, 0.15) is 50.9 Å². The van der Waals surface area contributed by atoms with E-state index in [9.17, 15) is 4.79 Å². The molecule has 0 spiro atoms. The molecular weight excluding hydrogens is 274 g/mol. The lowest BCUT2D eigenvalue weighted by molar-refractivity contribution is 0.0528. The third kappa shape index (κ3) is 3.85. The molecule has 0 aliphatic rings. The summed E-state index contributed by atoms with van der Waals surface area (Å²) in [4.78, 5) is 14.2. The van der Waals surface area contributed by atoms with Crippen molar-refractivity contribution < 1.29 is 9.53 Å². The Kier molecular flexibility index (Phi) is 6.78. The van der Waals surface area contributed by atoms with Gasteiger partial charge in [0.05, 0.1) is 6.61 Å². The van der Waals surface area contributed by atoms with Gasteiger partial charge in [0.15, 0.2) is 5.82 Å². The summed E-state index contributed by atoms with van der Waals surface area (Å²) in [6.07, 6.45) is 2.24. The second-order valence-electron chi connectivity index (χ2n) is 4.69. The maximum Gasteiger partial charge on any atom is 0.345 e. The van der Waals surface area contributed by atoms with Crippen molar-refractivity contribution in [2.45, 2.75) is 40.5 Å². The third-order valence-corrected chi connectivity index (χ3v) is 4.41. The topological polar surface area (TPSA) is 68.5 Å². The van der Waals surface area contributed by atoms with Crippen LogP contribution in [0.15, 0.2) is 0 Å². The third-order valence-electron chi connectivity index (χ3n) is 3.48. The highest BCUT2D eigenvalue weighted by Crippen LogP contribution is 2.32. The standard InChI is InChI=1S/C14H25N3O2S/c1-5-10(6-2)9-17(7-3)13-11(12(15)16-20-13)14(18)19-8-4/h10H,5-9H2,1-4H3,(H2,15,16). The molecule has 0 aliphatic carbocycles. The Morgan fingerprint density at radius 3 is 2.50 bits per heavy atom. The summed E-state index contributed by atoms with van der Waals surface area (Å²) in [5.41, 5.74) is 6.25. The molecule has 0 amide bonds. The van der Waals surface area contributed by atoms with E-state index in [1.54, 1.807) is 6.92 Å². The van der Waals surface area contributed by atoms with Crippen molar-refractivity contribution in [2.75, 3.05) is 30.3 Å². The molecule has 0 fully saturated rings. The molecule has 0 aromatic carbocycles. The van der Waals surface area contributed by atoms with Gasteiger partial charge >= 0.3 is 5.97 Å². The zero-order valence-electron chi connectivity index (χ0n) is 12.8. The van der Waals surface area contributed by atoms with Crippen LogP contribution < -0.4 is 10.6 Å². The lowest BCUT2D eigenvalue weighted by Gasteiger charge is -2.26. The van der Waals surface area contributed by atoms with Gasteiger partial charge in [0.2, 0.25) is 0 Å². The van der Waals surface area contributed by atoms with Crippen LogP contribution in [0.4, 0.5) is 10.8 Å². The molecular formula is C14H25N3O2S. The van der Waals surface area contributed by atoms with Crippen molar-refractivity contribution in [1.82, 2.24) is 4.37 Å². The number of anilines is 2. The van der Waals surface area contributed by atoms with E-state index < -0.39 is 0 Å². The fourth-order valence-corrected chi connectivity index (χ4v) is 2.99. The number of aromatic nitrogens is 1. The van der Waals surface area contributed by atoms with Gasteiger partial charge in [0.1, 0.15) is 10.6 Å². The molecule has 0 bridgehead atoms. The van der Waals surface area contributed by atoms with Crippen molar-refractivity contribution in [3.05, 3.63) is 5.56 Å². The van der Waals surface area contributed by atoms with E-state index in [1.165, 1.54) is 11.5 Å². The first-order chi connectivity index (χ1) is 9.58. The molecule has 0 atom stereocenters. The van der Waals surface area contributed by atoms with E-state index in [0.717, 1.165) is 30.9 Å². The van der Waals surface area contributed by atoms with Gasteiger partial charge in [0.25, 0.3) is 0 Å². The summed E-state index contributed by atoms with van der Waals surface area (Å²) < 4.78 is 9.21. The lowest BCUT2D eigenvalue weighted by Crippen LogP contribution is -2.29. The molecule has 20 heavy (non-hydrogen) atoms. The molecule has 1 heterocycles. The predicted octanol–water partition coefficient (Wildman–Crippen LogP) is 3.16. The molecule has 114 valence electrons. The first-order valence-corrected chi connectivity index (χ1v) is 8.03. The van der Waals surface area contributed by atoms with E-state index in [0.29, 0.717) is 18.1 Å². The van der Waals surface area contributed by atoms with Gasteiger partial charge in [-0.15, -0.1) is 0 Å². The molecule has 6 heteroatoms. The lowest BCUT2D eigenvalue weighted by atomic mass is 10.0. The second-order valence-corrected chi connectivity index (χ2v) is 5.44. The Morgan fingerprint density at radius 1 is 1.35 bits per heavy atom. The number of hydrogen-bond acceptors (Lipinski definition) is 6. The van der Waals surface area contributed by atoms with E-state index in [-0.39, 0.29) is 11.8 Å². The first kappa shape index (κ1) is 16.8. The second kappa shape index (κ2) is 8.09. The highest BCUT2D eigenvalue weighted by atomic mass is 32.1. The molecule has 0 aliphatic heterocycles. The molecule has 1 aromatic rings. The van der Waals surface area contributed by atoms with Crippen LogP contribution in [0.2, 0.25) is 0 Å². The number of nitrogens with zero attached hydrogens (tertiary/aromatic N) is 2. The zero-order valence-corrected chi connectivity index (χ0v) is 13.6. The van der Waals surface area contributed by atoms with Crippen LogP contribution in [0.25, 0.3) is 0 Å². The highest BCUT2D eigenvalue weighted by molar-refractivity contribution is 7.11. The summed E-state index contributed by atoms with van der Waals surface area (Å²) in [7, 11) is 0. The molecule has 0 saturated carbocycles. The molecule has 1 aromatic heterocycles. The van der Waals surface area contributed by atoms with Crippen LogP contribution in [0.3, 0.4) is 0 Å². The Bertz CT molecular complexity index is 430. The van der Waals surface area contributed by atoms with Crippen molar-refractivity contribution >= 4 is 28.3 Å². The van der Waals surface area contributed by atoms with Gasteiger partial charge in [-0.25, -0.2) is 4.79 Å². The number of ether oxygens (including phenoxy) is 1. The minimum atomic E-state index is -0.378. The average molecular weight is 299 g/mol. The molecule has 1 rings (SSSR count). The van der Waals surface area contributed by atoms with Crippen LogP contribution in [0.5, 0.6) is 0 Å². The molecule has 0 radical (unpaired) electrons. The number of rotatable bonds is 8. The van der Waals surface area contributed by atoms with E-state index in [1.807, 2.05) is 0 Å². The Morgan fingerprint density at radius 2 is 2.00 bits per heavy atom. The SMILES string of the molecule is CCOC(=O)c1c(N)nsc1N(CC)CC(CC)CC. The fraction of sp³-hybridized carbons (Fsp3) is 0.714. The minimum absolute atomic E-state index is 0.270. The highest BCUT2D eigenvalue weighted by Gasteiger charge is 2.25. The monoisotopic (exact) mass is 299 g/mol. The molecule has 0 unspecified atom stereocenters. The van der Waals surface area contributed by atoms with Crippen LogP contribution in [-0.2, 0) is 4.74 Å². The maximum atomic E-state index is 12.0. The number of carbonyl (C=O) groups excluding carboxylic acids is 1. The van der Waals surface area contributed by atoms with Crippen molar-refractivity contribution in [1.29, 1.82) is 0 Å². The summed E-state index contributed by atoms with van der Waals surface area (Å²) in [5.74, 6) is 0.497. The molecule has 5 nitrogen and oxygen atoms in total. The van der Waals surface area contributed by atoms with Crippen LogP contribution in [0, 0.1) is 5.92 Å². The quantitative estimate of drug-likeness (QED) is 0.747. The van der Waals surface area contributed by atoms with Gasteiger partial charge in [-0.3, -0.25) is 0 Å². The van der Waals surface area contributed by atoms with Crippen LogP contribution in [-0.4, -0.2) is 30.0 Å². The summed E-state index contributed by atoms with van der Waals surface area (Å²) >= 11 is 1.28. The number of nitrogen functional groups attached to an aromatic ring is 1. The zero-order chi connectivity index (χ0) is 15.1. The number of esters is 1.